The number of aromatic nitrogens is 3. The molecule has 4 N–H and O–H groups in total. The van der Waals surface area contributed by atoms with Crippen LogP contribution in [0.4, 0.5) is 10.3 Å². The number of nitrogen functional groups attached to an aromatic ring is 2. The number of halogens is 1. The van der Waals surface area contributed by atoms with Gasteiger partial charge in [0.2, 0.25) is 5.95 Å². The Bertz CT molecular complexity index is 525. The van der Waals surface area contributed by atoms with E-state index in [0.717, 1.165) is 4.68 Å². The molecule has 1 aromatic carbocycles. The second-order valence-corrected chi connectivity index (χ2v) is 3.07. The van der Waals surface area contributed by atoms with Crippen molar-refractivity contribution >= 4 is 5.95 Å². The summed E-state index contributed by atoms with van der Waals surface area (Å²) in [5.74, 6) is 5.51. The Morgan fingerprint density at radius 3 is 2.69 bits per heavy atom. The van der Waals surface area contributed by atoms with Gasteiger partial charge in [-0.15, -0.1) is 10.2 Å². The molecule has 0 aliphatic rings. The quantitative estimate of drug-likeness (QED) is 0.718. The molecule has 0 unspecified atom stereocenters. The lowest BCUT2D eigenvalue weighted by atomic mass is 10.2. The van der Waals surface area contributed by atoms with Gasteiger partial charge in [0.15, 0.2) is 5.82 Å². The summed E-state index contributed by atoms with van der Waals surface area (Å²) in [5, 5.41) is 7.25. The molecule has 84 valence electrons. The van der Waals surface area contributed by atoms with Crippen LogP contribution in [0.5, 0.6) is 5.75 Å². The van der Waals surface area contributed by atoms with Crippen molar-refractivity contribution in [3.8, 4) is 17.1 Å². The molecule has 1 aromatic heterocycles. The first kappa shape index (κ1) is 10.2. The van der Waals surface area contributed by atoms with Crippen molar-refractivity contribution in [3.63, 3.8) is 0 Å². The number of nitrogens with two attached hydrogens (primary N) is 2. The predicted octanol–water partition coefficient (Wildman–Crippen LogP) is 0.389. The van der Waals surface area contributed by atoms with E-state index in [-0.39, 0.29) is 17.3 Å². The second kappa shape index (κ2) is 3.69. The zero-order chi connectivity index (χ0) is 11.7. The van der Waals surface area contributed by atoms with Crippen molar-refractivity contribution in [3.05, 3.63) is 24.0 Å². The second-order valence-electron chi connectivity index (χ2n) is 3.07. The molecule has 0 spiro atoms. The van der Waals surface area contributed by atoms with Gasteiger partial charge in [0.05, 0.1) is 12.7 Å². The maximum Gasteiger partial charge on any atom is 0.241 e. The van der Waals surface area contributed by atoms with Crippen LogP contribution in [0, 0.1) is 5.82 Å². The first-order chi connectivity index (χ1) is 7.65. The van der Waals surface area contributed by atoms with Gasteiger partial charge in [0, 0.05) is 0 Å². The zero-order valence-corrected chi connectivity index (χ0v) is 8.51. The van der Waals surface area contributed by atoms with Gasteiger partial charge in [-0.05, 0) is 12.1 Å². The van der Waals surface area contributed by atoms with Crippen LogP contribution in [-0.4, -0.2) is 22.0 Å². The Hall–Kier alpha value is -2.31. The number of hydrogen-bond acceptors (Lipinski definition) is 5. The average Bonchev–Trinajstić information content (AvgIpc) is 2.60. The van der Waals surface area contributed by atoms with Gasteiger partial charge in [-0.25, -0.2) is 9.07 Å². The highest BCUT2D eigenvalue weighted by Crippen LogP contribution is 2.30. The molecule has 0 atom stereocenters. The van der Waals surface area contributed by atoms with Crippen LogP contribution >= 0.6 is 0 Å². The molecule has 7 heteroatoms. The van der Waals surface area contributed by atoms with Crippen LogP contribution in [0.25, 0.3) is 11.4 Å². The Morgan fingerprint density at radius 1 is 1.38 bits per heavy atom. The van der Waals surface area contributed by atoms with Gasteiger partial charge in [-0.1, -0.05) is 6.07 Å². The molecule has 1 heterocycles. The van der Waals surface area contributed by atoms with E-state index in [4.69, 9.17) is 16.3 Å². The van der Waals surface area contributed by atoms with Crippen molar-refractivity contribution in [2.75, 3.05) is 18.7 Å². The highest BCUT2D eigenvalue weighted by molar-refractivity contribution is 5.66. The highest BCUT2D eigenvalue weighted by Gasteiger charge is 2.18. The van der Waals surface area contributed by atoms with Gasteiger partial charge < -0.3 is 16.3 Å². The lowest BCUT2D eigenvalue weighted by Gasteiger charge is -2.08. The lowest BCUT2D eigenvalue weighted by Crippen LogP contribution is -2.14. The third kappa shape index (κ3) is 1.42. The molecular weight excluding hydrogens is 213 g/mol. The predicted molar refractivity (Wildman–Crippen MR) is 56.5 cm³/mol. The number of rotatable bonds is 2. The molecule has 0 saturated carbocycles. The first-order valence-electron chi connectivity index (χ1n) is 4.44. The van der Waals surface area contributed by atoms with E-state index in [9.17, 15) is 4.39 Å². The van der Waals surface area contributed by atoms with Gasteiger partial charge in [-0.3, -0.25) is 0 Å². The monoisotopic (exact) mass is 223 g/mol. The molecule has 2 aromatic rings. The largest absolute Gasteiger partial charge is 0.496 e. The SMILES string of the molecule is COc1cccc(F)c1-c1nnc(N)n1N. The summed E-state index contributed by atoms with van der Waals surface area (Å²) < 4.78 is 19.7. The Kier molecular flexibility index (Phi) is 2.35. The minimum atomic E-state index is -0.501. The fourth-order valence-electron chi connectivity index (χ4n) is 1.37. The zero-order valence-electron chi connectivity index (χ0n) is 8.51. The van der Waals surface area contributed by atoms with E-state index >= 15 is 0 Å². The molecule has 0 aliphatic heterocycles. The van der Waals surface area contributed by atoms with Gasteiger partial charge in [0.1, 0.15) is 11.6 Å². The van der Waals surface area contributed by atoms with Crippen LogP contribution in [0.3, 0.4) is 0 Å². The molecule has 0 amide bonds. The minimum Gasteiger partial charge on any atom is -0.496 e. The number of nitrogens with zero attached hydrogens (tertiary/aromatic N) is 3. The summed E-state index contributed by atoms with van der Waals surface area (Å²) in [4.78, 5) is 0. The highest BCUT2D eigenvalue weighted by atomic mass is 19.1. The number of benzene rings is 1. The van der Waals surface area contributed by atoms with E-state index in [1.165, 1.54) is 19.2 Å². The van der Waals surface area contributed by atoms with Crippen LogP contribution in [0.1, 0.15) is 0 Å². The fourth-order valence-corrected chi connectivity index (χ4v) is 1.37. The van der Waals surface area contributed by atoms with Crippen LogP contribution in [0.2, 0.25) is 0 Å². The summed E-state index contributed by atoms with van der Waals surface area (Å²) in [6.07, 6.45) is 0. The summed E-state index contributed by atoms with van der Waals surface area (Å²) in [5.41, 5.74) is 5.56. The first-order valence-corrected chi connectivity index (χ1v) is 4.44. The van der Waals surface area contributed by atoms with E-state index in [0.29, 0.717) is 5.75 Å². The maximum atomic E-state index is 13.7. The Balaban J connectivity index is 2.68. The van der Waals surface area contributed by atoms with Crippen LogP contribution in [0.15, 0.2) is 18.2 Å². The molecule has 0 aliphatic carbocycles. The van der Waals surface area contributed by atoms with Gasteiger partial charge >= 0.3 is 0 Å². The summed E-state index contributed by atoms with van der Waals surface area (Å²) >= 11 is 0. The molecular formula is C9H10FN5O. The summed E-state index contributed by atoms with van der Waals surface area (Å²) in [6, 6.07) is 4.41. The Labute approximate surface area is 90.6 Å². The fraction of sp³-hybridized carbons (Fsp3) is 0.111. The van der Waals surface area contributed by atoms with Crippen molar-refractivity contribution in [1.82, 2.24) is 14.9 Å². The van der Waals surface area contributed by atoms with Crippen molar-refractivity contribution in [2.45, 2.75) is 0 Å². The smallest absolute Gasteiger partial charge is 0.241 e. The molecule has 6 nitrogen and oxygen atoms in total. The average molecular weight is 223 g/mol. The molecule has 0 fully saturated rings. The van der Waals surface area contributed by atoms with Crippen molar-refractivity contribution < 1.29 is 9.13 Å². The van der Waals surface area contributed by atoms with E-state index in [2.05, 4.69) is 10.2 Å². The number of methoxy groups -OCH3 is 1. The van der Waals surface area contributed by atoms with E-state index in [1.54, 1.807) is 6.07 Å². The molecule has 0 saturated heterocycles. The molecule has 16 heavy (non-hydrogen) atoms. The third-order valence-electron chi connectivity index (χ3n) is 2.14. The number of anilines is 1. The van der Waals surface area contributed by atoms with Gasteiger partial charge in [-0.2, -0.15) is 0 Å². The summed E-state index contributed by atoms with van der Waals surface area (Å²) in [7, 11) is 1.43. The van der Waals surface area contributed by atoms with Crippen LogP contribution in [-0.2, 0) is 0 Å². The Morgan fingerprint density at radius 2 is 2.12 bits per heavy atom. The normalized spacial score (nSPS) is 10.4. The minimum absolute atomic E-state index is 0.000283. The standard InChI is InChI=1S/C9H10FN5O/c1-16-6-4-2-3-5(10)7(6)8-13-14-9(11)15(8)12/h2-4H,12H2,1H3,(H2,11,14). The van der Waals surface area contributed by atoms with E-state index in [1.807, 2.05) is 0 Å². The molecule has 2 rings (SSSR count). The molecule has 0 bridgehead atoms. The van der Waals surface area contributed by atoms with E-state index < -0.39 is 5.82 Å². The maximum absolute atomic E-state index is 13.7. The third-order valence-corrected chi connectivity index (χ3v) is 2.14. The topological polar surface area (TPSA) is 92.0 Å². The number of hydrogen-bond donors (Lipinski definition) is 2. The van der Waals surface area contributed by atoms with Crippen molar-refractivity contribution in [1.29, 1.82) is 0 Å². The lowest BCUT2D eigenvalue weighted by molar-refractivity contribution is 0.413. The van der Waals surface area contributed by atoms with Crippen LogP contribution < -0.4 is 16.3 Å². The van der Waals surface area contributed by atoms with Crippen molar-refractivity contribution in [2.24, 2.45) is 0 Å². The summed E-state index contributed by atoms with van der Waals surface area (Å²) in [6.45, 7) is 0. The molecule has 0 radical (unpaired) electrons. The van der Waals surface area contributed by atoms with Gasteiger partial charge in [0.25, 0.3) is 0 Å². The number of ether oxygens (including phenoxy) is 1.